The fourth-order valence-electron chi connectivity index (χ4n) is 3.82. The van der Waals surface area contributed by atoms with E-state index in [4.69, 9.17) is 0 Å². The Kier molecular flexibility index (Phi) is 5.90. The number of halogens is 1. The van der Waals surface area contributed by atoms with Crippen molar-refractivity contribution in [2.24, 2.45) is 0 Å². The Bertz CT molecular complexity index is 741. The molecule has 3 nitrogen and oxygen atoms in total. The van der Waals surface area contributed by atoms with Gasteiger partial charge in [-0.05, 0) is 0 Å². The number of benzene rings is 2. The number of alkyl halides is 2. The first kappa shape index (κ1) is 18.0. The molecule has 4 rings (SSSR count). The number of unbranched alkanes of at least 4 members (excludes halogenated alkanes) is 1. The number of rotatable bonds is 6. The third-order valence-electron chi connectivity index (χ3n) is 5.36. The van der Waals surface area contributed by atoms with Gasteiger partial charge in [0.2, 0.25) is 0 Å². The number of carbonyl (C=O) groups excluding carboxylic acids is 1. The molecule has 0 aromatic heterocycles. The molecule has 2 heterocycles. The first-order chi connectivity index (χ1) is 12.8. The number of anilines is 1. The Balaban J connectivity index is 1.16. The molecule has 0 saturated carbocycles. The summed E-state index contributed by atoms with van der Waals surface area (Å²) in [6, 6.07) is 19.0. The van der Waals surface area contributed by atoms with Crippen molar-refractivity contribution in [2.45, 2.75) is 17.3 Å². The van der Waals surface area contributed by atoms with Gasteiger partial charge in [0.25, 0.3) is 0 Å². The number of fused-ring (bicyclic) bond motifs is 1. The number of piperazine rings is 1. The van der Waals surface area contributed by atoms with E-state index < -0.39 is 19.8 Å². The molecule has 1 saturated heterocycles. The number of hydrogen-bond donors (Lipinski definition) is 0. The Hall–Kier alpha value is -1.40. The predicted molar refractivity (Wildman–Crippen MR) is 118 cm³/mol. The number of carbonyl (C=O) groups is 1. The molecule has 26 heavy (non-hydrogen) atoms. The average molecular weight is 462 g/mol. The van der Waals surface area contributed by atoms with Gasteiger partial charge in [0, 0.05) is 0 Å². The van der Waals surface area contributed by atoms with Gasteiger partial charge in [-0.25, -0.2) is 0 Å². The second-order valence-corrected chi connectivity index (χ2v) is 12.5. The molecule has 138 valence electrons. The van der Waals surface area contributed by atoms with Crippen molar-refractivity contribution in [3.63, 3.8) is 0 Å². The van der Waals surface area contributed by atoms with Crippen LogP contribution in [0.2, 0.25) is 0 Å². The van der Waals surface area contributed by atoms with Gasteiger partial charge in [0.05, 0.1) is 0 Å². The van der Waals surface area contributed by atoms with Crippen molar-refractivity contribution >= 4 is 29.3 Å². The molecule has 0 unspecified atom stereocenters. The minimum atomic E-state index is -1.44. The van der Waals surface area contributed by atoms with E-state index in [9.17, 15) is 4.79 Å². The van der Waals surface area contributed by atoms with Crippen LogP contribution in [0.3, 0.4) is 0 Å². The third-order valence-corrected chi connectivity index (χ3v) is 11.1. The zero-order valence-electron chi connectivity index (χ0n) is 15.2. The van der Waals surface area contributed by atoms with Crippen LogP contribution in [0.25, 0.3) is 0 Å². The Morgan fingerprint density at radius 2 is 1.58 bits per heavy atom. The van der Waals surface area contributed by atoms with E-state index in [0.717, 1.165) is 36.2 Å². The van der Waals surface area contributed by atoms with E-state index in [1.165, 1.54) is 35.1 Å². The average Bonchev–Trinajstić information content (AvgIpc) is 3.02. The van der Waals surface area contributed by atoms with E-state index in [0.29, 0.717) is 3.79 Å². The quantitative estimate of drug-likeness (QED) is 0.274. The van der Waals surface area contributed by atoms with E-state index in [-0.39, 0.29) is 0 Å². The Morgan fingerprint density at radius 3 is 2.35 bits per heavy atom. The van der Waals surface area contributed by atoms with Crippen LogP contribution < -0.4 is 4.90 Å². The van der Waals surface area contributed by atoms with Gasteiger partial charge in [0.15, 0.2) is 0 Å². The van der Waals surface area contributed by atoms with Gasteiger partial charge in [-0.15, -0.1) is 0 Å². The van der Waals surface area contributed by atoms with Crippen molar-refractivity contribution < 1.29 is 4.79 Å². The summed E-state index contributed by atoms with van der Waals surface area (Å²) >= 11 is -1.44. The molecule has 0 N–H and O–H groups in total. The fraction of sp³-hybridized carbons (Fsp3) is 0.409. The van der Waals surface area contributed by atoms with Crippen molar-refractivity contribution in [2.75, 3.05) is 42.1 Å². The third kappa shape index (κ3) is 4.12. The first-order valence-corrected chi connectivity index (χ1v) is 13.7. The van der Waals surface area contributed by atoms with Gasteiger partial charge in [-0.1, -0.05) is 0 Å². The summed E-state index contributed by atoms with van der Waals surface area (Å²) in [4.78, 5) is 17.6. The molecule has 2 aliphatic rings. The molecule has 2 aromatic carbocycles. The van der Waals surface area contributed by atoms with Crippen LogP contribution in [0.5, 0.6) is 0 Å². The molecule has 1 fully saturated rings. The standard InChI is InChI=1S/C22H27IN2O/c26-22-21-11-5-4-8-19(21)18-23(22)12-6-7-13-24-14-16-25(17-15-24)20-9-2-1-3-10-20/h1-5,8-11H,6-7,12-18H2. The second kappa shape index (κ2) is 8.53. The summed E-state index contributed by atoms with van der Waals surface area (Å²) in [6.45, 7) is 5.74. The number of nitrogens with zero attached hydrogens (tertiary/aromatic N) is 2. The molecule has 2 aromatic rings. The van der Waals surface area contributed by atoms with Gasteiger partial charge in [-0.3, -0.25) is 0 Å². The van der Waals surface area contributed by atoms with E-state index in [2.05, 4.69) is 52.3 Å². The number of hydrogen-bond acceptors (Lipinski definition) is 3. The van der Waals surface area contributed by atoms with E-state index in [1.54, 1.807) is 0 Å². The molecule has 0 atom stereocenters. The van der Waals surface area contributed by atoms with Gasteiger partial charge in [0.1, 0.15) is 0 Å². The van der Waals surface area contributed by atoms with Crippen LogP contribution in [-0.4, -0.2) is 45.8 Å². The van der Waals surface area contributed by atoms with E-state index >= 15 is 0 Å². The van der Waals surface area contributed by atoms with Gasteiger partial charge >= 0.3 is 164 Å². The SMILES string of the molecule is O=C1c2ccccc2CI1CCCCN1CCN(c2ccccc2)CC1. The normalized spacial score (nSPS) is 19.0. The molecule has 0 radical (unpaired) electrons. The molecular formula is C22H27IN2O. The van der Waals surface area contributed by atoms with Crippen LogP contribution in [0.4, 0.5) is 5.69 Å². The van der Waals surface area contributed by atoms with Crippen LogP contribution >= 0.6 is 19.8 Å². The molecular weight excluding hydrogens is 435 g/mol. The second-order valence-electron chi connectivity index (χ2n) is 7.08. The summed E-state index contributed by atoms with van der Waals surface area (Å²) < 4.78 is 2.83. The topological polar surface area (TPSA) is 23.6 Å². The molecule has 0 bridgehead atoms. The van der Waals surface area contributed by atoms with Gasteiger partial charge < -0.3 is 0 Å². The Morgan fingerprint density at radius 1 is 0.846 bits per heavy atom. The maximum atomic E-state index is 12.5. The maximum absolute atomic E-state index is 12.5. The summed E-state index contributed by atoms with van der Waals surface area (Å²) in [6.07, 6.45) is 2.46. The number of para-hydroxylation sites is 1. The molecule has 0 amide bonds. The Labute approximate surface area is 163 Å². The summed E-state index contributed by atoms with van der Waals surface area (Å²) in [5, 5.41) is 0. The van der Waals surface area contributed by atoms with E-state index in [1.807, 2.05) is 12.1 Å². The zero-order chi connectivity index (χ0) is 17.8. The summed E-state index contributed by atoms with van der Waals surface area (Å²) in [5.41, 5.74) is 3.70. The summed E-state index contributed by atoms with van der Waals surface area (Å²) in [7, 11) is 0. The van der Waals surface area contributed by atoms with Crippen molar-refractivity contribution in [3.05, 3.63) is 65.7 Å². The van der Waals surface area contributed by atoms with Crippen molar-refractivity contribution in [1.82, 2.24) is 4.90 Å². The van der Waals surface area contributed by atoms with Crippen LogP contribution in [0.1, 0.15) is 28.8 Å². The summed E-state index contributed by atoms with van der Waals surface area (Å²) in [5.74, 6) is 0. The molecule has 0 aliphatic carbocycles. The van der Waals surface area contributed by atoms with Crippen molar-refractivity contribution in [1.29, 1.82) is 0 Å². The predicted octanol–water partition coefficient (Wildman–Crippen LogP) is 4.45. The molecule has 0 spiro atoms. The molecule has 4 heteroatoms. The van der Waals surface area contributed by atoms with Crippen LogP contribution in [0.15, 0.2) is 54.6 Å². The van der Waals surface area contributed by atoms with Crippen LogP contribution in [0, 0.1) is 0 Å². The fourth-order valence-corrected chi connectivity index (χ4v) is 9.50. The van der Waals surface area contributed by atoms with Crippen molar-refractivity contribution in [3.8, 4) is 0 Å². The van der Waals surface area contributed by atoms with Crippen LogP contribution in [-0.2, 0) is 4.43 Å². The first-order valence-electron chi connectivity index (χ1n) is 9.57. The minimum absolute atomic E-state index is 0.529. The van der Waals surface area contributed by atoms with Gasteiger partial charge in [-0.2, -0.15) is 0 Å². The monoisotopic (exact) mass is 462 g/mol. The molecule has 2 aliphatic heterocycles. The zero-order valence-corrected chi connectivity index (χ0v) is 17.4.